The fourth-order valence-electron chi connectivity index (χ4n) is 3.27. The van der Waals surface area contributed by atoms with Crippen LogP contribution in [-0.2, 0) is 0 Å². The predicted molar refractivity (Wildman–Crippen MR) is 84.4 cm³/mol. The van der Waals surface area contributed by atoms with Crippen molar-refractivity contribution in [2.45, 2.75) is 52.6 Å². The van der Waals surface area contributed by atoms with E-state index < -0.39 is 0 Å². The molecule has 0 saturated carbocycles. The Labute approximate surface area is 123 Å². The molecule has 2 atom stereocenters. The molecule has 0 radical (unpaired) electrons. The van der Waals surface area contributed by atoms with Crippen molar-refractivity contribution in [1.29, 1.82) is 0 Å². The zero-order valence-corrected chi connectivity index (χ0v) is 13.4. The standard InChI is InChI=1S/C17H28N2O/c1-6-19(7-2)17-14(18)10-20-15-9-12(5)8-13(11(3)4)16(15)17/h8-9,11,14,17H,6-7,10,18H2,1-5H3. The second kappa shape index (κ2) is 6.15. The third-order valence-electron chi connectivity index (χ3n) is 4.28. The average molecular weight is 276 g/mol. The number of rotatable bonds is 4. The molecule has 2 N–H and O–H groups in total. The lowest BCUT2D eigenvalue weighted by Gasteiger charge is -2.40. The van der Waals surface area contributed by atoms with Crippen LogP contribution in [0.2, 0.25) is 0 Å². The van der Waals surface area contributed by atoms with Gasteiger partial charge in [0.2, 0.25) is 0 Å². The third-order valence-corrected chi connectivity index (χ3v) is 4.28. The number of nitrogens with zero attached hydrogens (tertiary/aromatic N) is 1. The van der Waals surface area contributed by atoms with E-state index in [4.69, 9.17) is 10.5 Å². The Morgan fingerprint density at radius 2 is 1.95 bits per heavy atom. The number of nitrogens with two attached hydrogens (primary N) is 1. The van der Waals surface area contributed by atoms with Crippen molar-refractivity contribution >= 4 is 0 Å². The van der Waals surface area contributed by atoms with Crippen LogP contribution >= 0.6 is 0 Å². The van der Waals surface area contributed by atoms with Crippen molar-refractivity contribution in [1.82, 2.24) is 4.90 Å². The number of ether oxygens (including phenoxy) is 1. The van der Waals surface area contributed by atoms with Crippen LogP contribution in [0, 0.1) is 6.92 Å². The highest BCUT2D eigenvalue weighted by molar-refractivity contribution is 5.49. The molecule has 0 fully saturated rings. The number of benzene rings is 1. The second-order valence-electron chi connectivity index (χ2n) is 6.06. The molecule has 2 rings (SSSR count). The topological polar surface area (TPSA) is 38.5 Å². The molecule has 0 aromatic heterocycles. The number of fused-ring (bicyclic) bond motifs is 1. The zero-order valence-electron chi connectivity index (χ0n) is 13.4. The van der Waals surface area contributed by atoms with E-state index in [1.165, 1.54) is 16.7 Å². The fourth-order valence-corrected chi connectivity index (χ4v) is 3.27. The van der Waals surface area contributed by atoms with Gasteiger partial charge in [0.05, 0.1) is 12.1 Å². The molecule has 20 heavy (non-hydrogen) atoms. The molecule has 1 aliphatic heterocycles. The Bertz CT molecular complexity index is 466. The van der Waals surface area contributed by atoms with Crippen LogP contribution in [0.3, 0.4) is 0 Å². The summed E-state index contributed by atoms with van der Waals surface area (Å²) in [4.78, 5) is 2.45. The van der Waals surface area contributed by atoms with Gasteiger partial charge in [-0.05, 0) is 43.1 Å². The van der Waals surface area contributed by atoms with Crippen LogP contribution in [-0.4, -0.2) is 30.6 Å². The quantitative estimate of drug-likeness (QED) is 0.917. The van der Waals surface area contributed by atoms with E-state index in [-0.39, 0.29) is 12.1 Å². The highest BCUT2D eigenvalue weighted by Gasteiger charge is 2.34. The Morgan fingerprint density at radius 1 is 1.30 bits per heavy atom. The summed E-state index contributed by atoms with van der Waals surface area (Å²) in [6, 6.07) is 4.76. The third kappa shape index (κ3) is 2.70. The van der Waals surface area contributed by atoms with Crippen LogP contribution in [0.4, 0.5) is 0 Å². The SMILES string of the molecule is CCN(CC)C1c2c(cc(C)cc2C(C)C)OCC1N. The van der Waals surface area contributed by atoms with Crippen molar-refractivity contribution in [2.24, 2.45) is 5.73 Å². The summed E-state index contributed by atoms with van der Waals surface area (Å²) in [6.45, 7) is 13.7. The van der Waals surface area contributed by atoms with Gasteiger partial charge < -0.3 is 10.5 Å². The zero-order chi connectivity index (χ0) is 14.9. The molecule has 2 unspecified atom stereocenters. The van der Waals surface area contributed by atoms with Gasteiger partial charge >= 0.3 is 0 Å². The minimum Gasteiger partial charge on any atom is -0.492 e. The van der Waals surface area contributed by atoms with E-state index in [0.717, 1.165) is 18.8 Å². The lowest BCUT2D eigenvalue weighted by molar-refractivity contribution is 0.127. The van der Waals surface area contributed by atoms with Gasteiger partial charge in [-0.25, -0.2) is 0 Å². The number of aryl methyl sites for hydroxylation is 1. The number of hydrogen-bond donors (Lipinski definition) is 1. The molecule has 3 nitrogen and oxygen atoms in total. The summed E-state index contributed by atoms with van der Waals surface area (Å²) in [7, 11) is 0. The van der Waals surface area contributed by atoms with Gasteiger partial charge in [0.25, 0.3) is 0 Å². The first-order valence-corrected chi connectivity index (χ1v) is 7.76. The summed E-state index contributed by atoms with van der Waals surface area (Å²) < 4.78 is 5.93. The highest BCUT2D eigenvalue weighted by Crippen LogP contribution is 2.41. The maximum atomic E-state index is 6.39. The molecular weight excluding hydrogens is 248 g/mol. The summed E-state index contributed by atoms with van der Waals surface area (Å²) >= 11 is 0. The molecule has 0 spiro atoms. The van der Waals surface area contributed by atoms with Crippen LogP contribution in [0.5, 0.6) is 5.75 Å². The van der Waals surface area contributed by atoms with Gasteiger partial charge in [-0.2, -0.15) is 0 Å². The van der Waals surface area contributed by atoms with Crippen LogP contribution in [0.15, 0.2) is 12.1 Å². The smallest absolute Gasteiger partial charge is 0.124 e. The maximum Gasteiger partial charge on any atom is 0.124 e. The monoisotopic (exact) mass is 276 g/mol. The Balaban J connectivity index is 2.58. The van der Waals surface area contributed by atoms with E-state index in [2.05, 4.69) is 51.7 Å². The van der Waals surface area contributed by atoms with Gasteiger partial charge in [-0.15, -0.1) is 0 Å². The Morgan fingerprint density at radius 3 is 2.50 bits per heavy atom. The normalized spacial score (nSPS) is 22.0. The Hall–Kier alpha value is -1.06. The van der Waals surface area contributed by atoms with E-state index in [0.29, 0.717) is 12.5 Å². The molecule has 3 heteroatoms. The van der Waals surface area contributed by atoms with E-state index >= 15 is 0 Å². The molecular formula is C17H28N2O. The molecule has 1 aromatic carbocycles. The van der Waals surface area contributed by atoms with E-state index in [1.54, 1.807) is 0 Å². The molecule has 1 heterocycles. The van der Waals surface area contributed by atoms with Crippen LogP contribution in [0.25, 0.3) is 0 Å². The van der Waals surface area contributed by atoms with Crippen LogP contribution < -0.4 is 10.5 Å². The maximum absolute atomic E-state index is 6.39. The van der Waals surface area contributed by atoms with Crippen molar-refractivity contribution in [2.75, 3.05) is 19.7 Å². The summed E-state index contributed by atoms with van der Waals surface area (Å²) in [5, 5.41) is 0. The van der Waals surface area contributed by atoms with E-state index in [9.17, 15) is 0 Å². The Kier molecular flexibility index (Phi) is 4.71. The number of likely N-dealkylation sites (N-methyl/N-ethyl adjacent to an activating group) is 1. The van der Waals surface area contributed by atoms with Crippen molar-refractivity contribution in [3.8, 4) is 5.75 Å². The number of hydrogen-bond acceptors (Lipinski definition) is 3. The summed E-state index contributed by atoms with van der Waals surface area (Å²) in [5.41, 5.74) is 10.3. The first kappa shape index (κ1) is 15.3. The van der Waals surface area contributed by atoms with E-state index in [1.807, 2.05) is 0 Å². The van der Waals surface area contributed by atoms with Gasteiger partial charge in [0.1, 0.15) is 12.4 Å². The van der Waals surface area contributed by atoms with Crippen molar-refractivity contribution < 1.29 is 4.74 Å². The predicted octanol–water partition coefficient (Wildman–Crippen LogP) is 3.22. The second-order valence-corrected chi connectivity index (χ2v) is 6.06. The summed E-state index contributed by atoms with van der Waals surface area (Å²) in [5.74, 6) is 1.52. The highest BCUT2D eigenvalue weighted by atomic mass is 16.5. The molecule has 1 aliphatic rings. The van der Waals surface area contributed by atoms with Gasteiger partial charge in [-0.1, -0.05) is 33.8 Å². The first-order valence-electron chi connectivity index (χ1n) is 7.76. The molecule has 1 aromatic rings. The van der Waals surface area contributed by atoms with Crippen molar-refractivity contribution in [3.05, 3.63) is 28.8 Å². The lowest BCUT2D eigenvalue weighted by atomic mass is 9.85. The van der Waals surface area contributed by atoms with Crippen LogP contribution in [0.1, 0.15) is 56.3 Å². The largest absolute Gasteiger partial charge is 0.492 e. The molecule has 112 valence electrons. The van der Waals surface area contributed by atoms with Gasteiger partial charge in [0, 0.05) is 5.56 Å². The minimum atomic E-state index is 0.0441. The fraction of sp³-hybridized carbons (Fsp3) is 0.647. The van der Waals surface area contributed by atoms with Crippen molar-refractivity contribution in [3.63, 3.8) is 0 Å². The first-order chi connectivity index (χ1) is 9.49. The molecule has 0 aliphatic carbocycles. The molecule has 0 bridgehead atoms. The molecule has 0 saturated heterocycles. The molecule has 0 amide bonds. The lowest BCUT2D eigenvalue weighted by Crippen LogP contribution is -2.47. The minimum absolute atomic E-state index is 0.0441. The van der Waals surface area contributed by atoms with Gasteiger partial charge in [-0.3, -0.25) is 4.90 Å². The average Bonchev–Trinajstić information content (AvgIpc) is 2.41. The van der Waals surface area contributed by atoms with Gasteiger partial charge in [0.15, 0.2) is 0 Å². The summed E-state index contributed by atoms with van der Waals surface area (Å²) in [6.07, 6.45) is 0.